The summed E-state index contributed by atoms with van der Waals surface area (Å²) in [7, 11) is -1.22. The zero-order chi connectivity index (χ0) is 38.1. The van der Waals surface area contributed by atoms with E-state index in [0.29, 0.717) is 24.5 Å². The second-order valence-corrected chi connectivity index (χ2v) is 21.1. The van der Waals surface area contributed by atoms with E-state index in [-0.39, 0.29) is 5.69 Å². The van der Waals surface area contributed by atoms with Gasteiger partial charge in [0.25, 0.3) is 5.69 Å². The van der Waals surface area contributed by atoms with E-state index in [0.717, 1.165) is 40.5 Å². The molecule has 54 heavy (non-hydrogen) atoms. The van der Waals surface area contributed by atoms with Crippen LogP contribution in [0.5, 0.6) is 0 Å². The van der Waals surface area contributed by atoms with Crippen molar-refractivity contribution in [1.82, 2.24) is 9.78 Å². The summed E-state index contributed by atoms with van der Waals surface area (Å²) in [6, 6.07) is 39.7. The molecular weight excluding hydrogens is 803 g/mol. The van der Waals surface area contributed by atoms with Gasteiger partial charge in [-0.25, -0.2) is 4.68 Å². The Kier molecular flexibility index (Phi) is 12.8. The molecule has 6 aromatic rings. The van der Waals surface area contributed by atoms with Gasteiger partial charge in [0, 0.05) is 41.3 Å². The lowest BCUT2D eigenvalue weighted by Gasteiger charge is -2.15. The number of hydrogen-bond acceptors (Lipinski definition) is 6. The van der Waals surface area contributed by atoms with E-state index >= 15 is 0 Å². The maximum absolute atomic E-state index is 11.2. The highest BCUT2D eigenvalue weighted by Crippen LogP contribution is 2.30. The van der Waals surface area contributed by atoms with Gasteiger partial charge in [-0.15, -0.1) is 0 Å². The number of nitro benzene ring substituents is 1. The summed E-state index contributed by atoms with van der Waals surface area (Å²) in [4.78, 5) is 15.3. The fourth-order valence-electron chi connectivity index (χ4n) is 5.96. The Balaban J connectivity index is 0.000000229. The van der Waals surface area contributed by atoms with Crippen molar-refractivity contribution in [1.29, 1.82) is 0 Å². The van der Waals surface area contributed by atoms with Crippen LogP contribution in [0.25, 0.3) is 29.1 Å². The minimum absolute atomic E-state index is 0.0539. The van der Waals surface area contributed by atoms with Gasteiger partial charge in [0.05, 0.1) is 28.4 Å². The van der Waals surface area contributed by atoms with Crippen LogP contribution in [-0.4, -0.2) is 40.2 Å². The predicted molar refractivity (Wildman–Crippen MR) is 231 cm³/mol. The van der Waals surface area contributed by atoms with Crippen LogP contribution in [0.4, 0.5) is 5.69 Å². The third kappa shape index (κ3) is 10.3. The summed E-state index contributed by atoms with van der Waals surface area (Å²) in [5.74, 6) is 0. The highest BCUT2D eigenvalue weighted by atomic mass is 127. The lowest BCUT2D eigenvalue weighted by molar-refractivity contribution is -0.385. The number of fused-ring (bicyclic) bond motifs is 2. The molecule has 2 heterocycles. The van der Waals surface area contributed by atoms with Crippen molar-refractivity contribution in [3.63, 3.8) is 0 Å². The predicted octanol–water partition coefficient (Wildman–Crippen LogP) is 10.8. The molecule has 0 radical (unpaired) electrons. The molecule has 1 unspecified atom stereocenters. The number of nitro groups is 1. The number of benzene rings is 5. The van der Waals surface area contributed by atoms with Crippen molar-refractivity contribution in [3.8, 4) is 0 Å². The Morgan fingerprint density at radius 3 is 2.22 bits per heavy atom. The third-order valence-electron chi connectivity index (χ3n) is 8.96. The van der Waals surface area contributed by atoms with Gasteiger partial charge in [-0.2, -0.15) is 5.10 Å². The van der Waals surface area contributed by atoms with Crippen LogP contribution in [0.1, 0.15) is 45.2 Å². The van der Waals surface area contributed by atoms with Crippen LogP contribution in [0.2, 0.25) is 25.7 Å². The number of aliphatic hydroxyl groups excluding tert-OH is 1. The van der Waals surface area contributed by atoms with Gasteiger partial charge in [0.15, 0.2) is 0 Å². The molecule has 0 fully saturated rings. The van der Waals surface area contributed by atoms with Crippen molar-refractivity contribution < 1.29 is 14.8 Å². The maximum Gasteiger partial charge on any atom is 0.269 e. The molecule has 1 N–H and O–H groups in total. The van der Waals surface area contributed by atoms with Crippen LogP contribution < -0.4 is 0 Å². The standard InChI is InChI=1S/C28H31N3O4Si.C16H12IN/c1-36(2,3)17-16-35-20-30-27-19-23(28(32)22-10-7-11-24(18-22)31(33)34)13-14-25(27)26(29-30)15-12-21-8-5-4-6-9-21;17-14-7-8-15-13(10-14)11-18-16(15)9-6-12-4-2-1-3-5-12/h4-15,18-19,28,32H,16-17,20H2,1-3H3;1-10H,11H2/b15-12+;9-6+. The van der Waals surface area contributed by atoms with Crippen molar-refractivity contribution in [3.05, 3.63) is 180 Å². The molecule has 1 aromatic heterocycles. The molecule has 0 saturated heterocycles. The average Bonchev–Trinajstić information content (AvgIpc) is 3.75. The highest BCUT2D eigenvalue weighted by Gasteiger charge is 2.18. The number of ether oxygens (including phenoxy) is 1. The number of aliphatic imine (C=N–C) groups is 1. The van der Waals surface area contributed by atoms with Gasteiger partial charge in [0.2, 0.25) is 0 Å². The van der Waals surface area contributed by atoms with Crippen LogP contribution in [0, 0.1) is 13.7 Å². The normalized spacial score (nSPS) is 13.2. The van der Waals surface area contributed by atoms with Crippen LogP contribution >= 0.6 is 22.6 Å². The molecule has 7 rings (SSSR count). The first-order chi connectivity index (χ1) is 26.0. The lowest BCUT2D eigenvalue weighted by atomic mass is 9.99. The van der Waals surface area contributed by atoms with Gasteiger partial charge in [0.1, 0.15) is 12.8 Å². The van der Waals surface area contributed by atoms with Crippen molar-refractivity contribution in [2.45, 2.75) is 45.1 Å². The Labute approximate surface area is 330 Å². The fourth-order valence-corrected chi connectivity index (χ4v) is 7.27. The first-order valence-corrected chi connectivity index (χ1v) is 22.6. The third-order valence-corrected chi connectivity index (χ3v) is 11.3. The SMILES string of the molecule is C[Si](C)(C)CCOCn1nc(/C=C/c2ccccc2)c2ccc(C(O)c3cccc([N+](=O)[O-])c3)cc21.Ic1ccc2c(c1)CN=C2/C=C/c1ccccc1. The van der Waals surface area contributed by atoms with E-state index in [1.807, 2.05) is 83.6 Å². The quantitative estimate of drug-likeness (QED) is 0.0434. The maximum atomic E-state index is 11.2. The minimum Gasteiger partial charge on any atom is -0.384 e. The smallest absolute Gasteiger partial charge is 0.269 e. The Bertz CT molecular complexity index is 2310. The highest BCUT2D eigenvalue weighted by molar-refractivity contribution is 14.1. The summed E-state index contributed by atoms with van der Waals surface area (Å²) in [5.41, 5.74) is 8.64. The molecule has 10 heteroatoms. The van der Waals surface area contributed by atoms with Gasteiger partial charge < -0.3 is 9.84 Å². The van der Waals surface area contributed by atoms with Crippen molar-refractivity contribution in [2.24, 2.45) is 4.99 Å². The monoisotopic (exact) mass is 846 g/mol. The van der Waals surface area contributed by atoms with E-state index in [2.05, 4.69) is 89.7 Å². The summed E-state index contributed by atoms with van der Waals surface area (Å²) in [6.07, 6.45) is 7.21. The second kappa shape index (κ2) is 17.9. The van der Waals surface area contributed by atoms with Gasteiger partial charge in [-0.1, -0.05) is 123 Å². The van der Waals surface area contributed by atoms with Crippen molar-refractivity contribution >= 4 is 71.2 Å². The van der Waals surface area contributed by atoms with Crippen LogP contribution in [0.15, 0.2) is 132 Å². The number of halogens is 1. The molecular formula is C44H43IN4O4Si. The molecule has 8 nitrogen and oxygen atoms in total. The minimum atomic E-state index is -1.22. The number of allylic oxidation sites excluding steroid dienone is 1. The number of aromatic nitrogens is 2. The summed E-state index contributed by atoms with van der Waals surface area (Å²) >= 11 is 2.34. The molecule has 0 amide bonds. The molecule has 1 aliphatic heterocycles. The molecule has 0 saturated carbocycles. The molecule has 1 aliphatic rings. The second-order valence-electron chi connectivity index (χ2n) is 14.3. The molecule has 0 spiro atoms. The van der Waals surface area contributed by atoms with E-state index in [9.17, 15) is 15.2 Å². The molecule has 274 valence electrons. The summed E-state index contributed by atoms with van der Waals surface area (Å²) in [6.45, 7) is 8.72. The number of hydrogen-bond donors (Lipinski definition) is 1. The van der Waals surface area contributed by atoms with Crippen molar-refractivity contribution in [2.75, 3.05) is 6.61 Å². The molecule has 1 atom stereocenters. The zero-order valence-corrected chi connectivity index (χ0v) is 33.8. The largest absolute Gasteiger partial charge is 0.384 e. The molecule has 0 bridgehead atoms. The number of rotatable bonds is 12. The van der Waals surface area contributed by atoms with E-state index in [1.54, 1.807) is 12.1 Å². The van der Waals surface area contributed by atoms with E-state index in [1.165, 1.54) is 32.4 Å². The first kappa shape index (κ1) is 38.7. The first-order valence-electron chi connectivity index (χ1n) is 17.8. The molecule has 0 aliphatic carbocycles. The van der Waals surface area contributed by atoms with Gasteiger partial charge in [-0.3, -0.25) is 15.1 Å². The van der Waals surface area contributed by atoms with Gasteiger partial charge >= 0.3 is 0 Å². The van der Waals surface area contributed by atoms with Crippen LogP contribution in [-0.2, 0) is 18.0 Å². The lowest BCUT2D eigenvalue weighted by Crippen LogP contribution is -2.22. The Morgan fingerprint density at radius 2 is 1.54 bits per heavy atom. The summed E-state index contributed by atoms with van der Waals surface area (Å²) < 4.78 is 9.07. The number of aliphatic hydroxyl groups is 1. The fraction of sp³-hybridized carbons (Fsp3) is 0.182. The van der Waals surface area contributed by atoms with Gasteiger partial charge in [-0.05, 0) is 86.8 Å². The summed E-state index contributed by atoms with van der Waals surface area (Å²) in [5, 5.41) is 27.9. The average molecular weight is 847 g/mol. The number of nitrogens with zero attached hydrogens (tertiary/aromatic N) is 4. The van der Waals surface area contributed by atoms with E-state index < -0.39 is 19.1 Å². The Morgan fingerprint density at radius 1 is 0.852 bits per heavy atom. The number of non-ortho nitro benzene ring substituents is 1. The van der Waals surface area contributed by atoms with Crippen LogP contribution in [0.3, 0.4) is 0 Å². The zero-order valence-electron chi connectivity index (χ0n) is 30.6. The molecule has 5 aromatic carbocycles. The van der Waals surface area contributed by atoms with E-state index in [4.69, 9.17) is 9.84 Å². The topological polar surface area (TPSA) is 103 Å². The Hall–Kier alpha value is -5.01.